The van der Waals surface area contributed by atoms with Gasteiger partial charge in [-0.05, 0) is 32.6 Å². The highest BCUT2D eigenvalue weighted by Crippen LogP contribution is 2.37. The van der Waals surface area contributed by atoms with Crippen LogP contribution in [0.2, 0.25) is 0 Å². The van der Waals surface area contributed by atoms with Crippen molar-refractivity contribution in [2.24, 2.45) is 17.3 Å². The maximum absolute atomic E-state index is 12.3. The van der Waals surface area contributed by atoms with Gasteiger partial charge in [0.1, 0.15) is 0 Å². The molecule has 21 heavy (non-hydrogen) atoms. The second-order valence-corrected chi connectivity index (χ2v) is 5.43. The monoisotopic (exact) mass is 297 g/mol. The summed E-state index contributed by atoms with van der Waals surface area (Å²) in [6, 6.07) is 2.04. The second-order valence-electron chi connectivity index (χ2n) is 5.43. The number of rotatable bonds is 9. The van der Waals surface area contributed by atoms with Gasteiger partial charge in [-0.25, -0.2) is 0 Å². The first kappa shape index (κ1) is 19.4. The summed E-state index contributed by atoms with van der Waals surface area (Å²) in [5, 5.41) is 9.57. The van der Waals surface area contributed by atoms with Gasteiger partial charge >= 0.3 is 11.9 Å². The molecule has 120 valence electrons. The van der Waals surface area contributed by atoms with Gasteiger partial charge in [0, 0.05) is 0 Å². The molecule has 0 radical (unpaired) electrons. The van der Waals surface area contributed by atoms with E-state index in [0.29, 0.717) is 12.3 Å². The Morgan fingerprint density at radius 3 is 2.05 bits per heavy atom. The molecule has 0 aliphatic rings. The zero-order valence-corrected chi connectivity index (χ0v) is 13.8. The Bertz CT molecular complexity index is 386. The molecule has 0 saturated heterocycles. The van der Waals surface area contributed by atoms with E-state index in [2.05, 4.69) is 0 Å². The SMILES string of the molecule is CCOC(=O)C(CCC(C)C)C(C#N)(CC)C(=O)OCC. The highest BCUT2D eigenvalue weighted by Gasteiger charge is 2.50. The first-order chi connectivity index (χ1) is 9.89. The standard InChI is InChI=1S/C16H27NO4/c1-6-16(11-17,15(19)21-8-3)13(10-9-12(4)5)14(18)20-7-2/h12-13H,6-10H2,1-5H3. The number of ether oxygens (including phenoxy) is 2. The largest absolute Gasteiger partial charge is 0.466 e. The van der Waals surface area contributed by atoms with Gasteiger partial charge in [0.25, 0.3) is 0 Å². The van der Waals surface area contributed by atoms with Crippen LogP contribution in [0.1, 0.15) is 53.9 Å². The van der Waals surface area contributed by atoms with Crippen LogP contribution >= 0.6 is 0 Å². The fourth-order valence-corrected chi connectivity index (χ4v) is 2.30. The number of hydrogen-bond acceptors (Lipinski definition) is 5. The Hall–Kier alpha value is -1.57. The Kier molecular flexibility index (Phi) is 8.68. The summed E-state index contributed by atoms with van der Waals surface area (Å²) in [4.78, 5) is 24.5. The van der Waals surface area contributed by atoms with Crippen LogP contribution in [0.25, 0.3) is 0 Å². The van der Waals surface area contributed by atoms with Crippen molar-refractivity contribution in [3.8, 4) is 6.07 Å². The van der Waals surface area contributed by atoms with E-state index in [1.165, 1.54) is 0 Å². The summed E-state index contributed by atoms with van der Waals surface area (Å²) >= 11 is 0. The van der Waals surface area contributed by atoms with E-state index in [1.54, 1.807) is 20.8 Å². The minimum atomic E-state index is -1.46. The predicted molar refractivity (Wildman–Crippen MR) is 79.2 cm³/mol. The molecule has 5 heteroatoms. The number of esters is 2. The molecule has 0 spiro atoms. The van der Waals surface area contributed by atoms with E-state index in [1.807, 2.05) is 19.9 Å². The van der Waals surface area contributed by atoms with Gasteiger partial charge in [0.15, 0.2) is 5.41 Å². The minimum absolute atomic E-state index is 0.183. The predicted octanol–water partition coefficient (Wildman–Crippen LogP) is 3.08. The number of nitriles is 1. The topological polar surface area (TPSA) is 76.4 Å². The lowest BCUT2D eigenvalue weighted by Crippen LogP contribution is -2.43. The van der Waals surface area contributed by atoms with Gasteiger partial charge in [-0.2, -0.15) is 5.26 Å². The maximum Gasteiger partial charge on any atom is 0.327 e. The molecule has 0 fully saturated rings. The molecule has 0 aromatic heterocycles. The summed E-state index contributed by atoms with van der Waals surface area (Å²) in [5.74, 6) is -1.53. The fourth-order valence-electron chi connectivity index (χ4n) is 2.30. The van der Waals surface area contributed by atoms with E-state index < -0.39 is 23.3 Å². The molecule has 0 N–H and O–H groups in total. The summed E-state index contributed by atoms with van der Waals surface area (Å²) < 4.78 is 10.1. The zero-order valence-electron chi connectivity index (χ0n) is 13.8. The fraction of sp³-hybridized carbons (Fsp3) is 0.812. The lowest BCUT2D eigenvalue weighted by atomic mass is 9.71. The lowest BCUT2D eigenvalue weighted by molar-refractivity contribution is -0.166. The minimum Gasteiger partial charge on any atom is -0.466 e. The van der Waals surface area contributed by atoms with Crippen LogP contribution in [0.15, 0.2) is 0 Å². The number of carbonyl (C=O) groups excluding carboxylic acids is 2. The van der Waals surface area contributed by atoms with Crippen molar-refractivity contribution in [2.75, 3.05) is 13.2 Å². The average molecular weight is 297 g/mol. The molecule has 0 aromatic rings. The van der Waals surface area contributed by atoms with Crippen LogP contribution < -0.4 is 0 Å². The third-order valence-electron chi connectivity index (χ3n) is 3.60. The Morgan fingerprint density at radius 1 is 1.10 bits per heavy atom. The number of hydrogen-bond donors (Lipinski definition) is 0. The van der Waals surface area contributed by atoms with Crippen molar-refractivity contribution >= 4 is 11.9 Å². The zero-order chi connectivity index (χ0) is 16.5. The molecular formula is C16H27NO4. The third kappa shape index (κ3) is 5.04. The van der Waals surface area contributed by atoms with Gasteiger partial charge in [0.05, 0.1) is 25.2 Å². The van der Waals surface area contributed by atoms with Crippen molar-refractivity contribution < 1.29 is 19.1 Å². The first-order valence-corrected chi connectivity index (χ1v) is 7.64. The van der Waals surface area contributed by atoms with Gasteiger partial charge in [-0.15, -0.1) is 0 Å². The molecule has 0 bridgehead atoms. The normalized spacial score (nSPS) is 14.9. The van der Waals surface area contributed by atoms with Crippen molar-refractivity contribution in [2.45, 2.75) is 53.9 Å². The van der Waals surface area contributed by atoms with Crippen molar-refractivity contribution in [3.63, 3.8) is 0 Å². The molecule has 2 atom stereocenters. The van der Waals surface area contributed by atoms with Crippen LogP contribution in [-0.2, 0) is 19.1 Å². The highest BCUT2D eigenvalue weighted by molar-refractivity contribution is 5.87. The lowest BCUT2D eigenvalue weighted by Gasteiger charge is -2.30. The van der Waals surface area contributed by atoms with Crippen LogP contribution in [0, 0.1) is 28.6 Å². The van der Waals surface area contributed by atoms with Crippen molar-refractivity contribution in [3.05, 3.63) is 0 Å². The molecule has 0 saturated carbocycles. The van der Waals surface area contributed by atoms with E-state index >= 15 is 0 Å². The molecule has 0 amide bonds. The Morgan fingerprint density at radius 2 is 1.67 bits per heavy atom. The second kappa shape index (κ2) is 9.38. The van der Waals surface area contributed by atoms with E-state index in [0.717, 1.165) is 6.42 Å². The molecule has 0 aromatic carbocycles. The van der Waals surface area contributed by atoms with Gasteiger partial charge < -0.3 is 9.47 Å². The summed E-state index contributed by atoms with van der Waals surface area (Å²) in [6.45, 7) is 9.60. The van der Waals surface area contributed by atoms with Crippen LogP contribution in [0.5, 0.6) is 0 Å². The smallest absolute Gasteiger partial charge is 0.327 e. The number of nitrogens with zero attached hydrogens (tertiary/aromatic N) is 1. The van der Waals surface area contributed by atoms with Crippen LogP contribution in [0.3, 0.4) is 0 Å². The number of carbonyl (C=O) groups is 2. The molecule has 0 aliphatic heterocycles. The van der Waals surface area contributed by atoms with Crippen LogP contribution in [0.4, 0.5) is 0 Å². The van der Waals surface area contributed by atoms with Crippen molar-refractivity contribution in [1.82, 2.24) is 0 Å². The highest BCUT2D eigenvalue weighted by atomic mass is 16.5. The van der Waals surface area contributed by atoms with E-state index in [-0.39, 0.29) is 19.6 Å². The molecule has 0 rings (SSSR count). The Labute approximate surface area is 127 Å². The average Bonchev–Trinajstić information content (AvgIpc) is 2.43. The van der Waals surface area contributed by atoms with Crippen molar-refractivity contribution in [1.29, 1.82) is 5.26 Å². The molecule has 0 aliphatic carbocycles. The quantitative estimate of drug-likeness (QED) is 0.611. The first-order valence-electron chi connectivity index (χ1n) is 7.64. The molecule has 5 nitrogen and oxygen atoms in total. The van der Waals surface area contributed by atoms with Crippen LogP contribution in [-0.4, -0.2) is 25.2 Å². The molecule has 0 heterocycles. The Balaban J connectivity index is 5.51. The third-order valence-corrected chi connectivity index (χ3v) is 3.60. The van der Waals surface area contributed by atoms with E-state index in [9.17, 15) is 14.9 Å². The van der Waals surface area contributed by atoms with E-state index in [4.69, 9.17) is 9.47 Å². The molecule has 2 unspecified atom stereocenters. The molecular weight excluding hydrogens is 270 g/mol. The van der Waals surface area contributed by atoms with Gasteiger partial charge in [-0.1, -0.05) is 27.2 Å². The summed E-state index contributed by atoms with van der Waals surface area (Å²) in [5.41, 5.74) is -1.46. The van der Waals surface area contributed by atoms with Gasteiger partial charge in [-0.3, -0.25) is 9.59 Å². The van der Waals surface area contributed by atoms with Gasteiger partial charge in [0.2, 0.25) is 0 Å². The maximum atomic E-state index is 12.3. The summed E-state index contributed by atoms with van der Waals surface area (Å²) in [7, 11) is 0. The summed E-state index contributed by atoms with van der Waals surface area (Å²) in [6.07, 6.45) is 1.41.